The van der Waals surface area contributed by atoms with Crippen molar-refractivity contribution < 1.29 is 4.79 Å². The number of hydrogen-bond donors (Lipinski definition) is 1. The Balaban J connectivity index is 1.89. The predicted molar refractivity (Wildman–Crippen MR) is 83.4 cm³/mol. The molecule has 3 nitrogen and oxygen atoms in total. The third-order valence-electron chi connectivity index (χ3n) is 3.94. The van der Waals surface area contributed by atoms with Crippen molar-refractivity contribution in [3.05, 3.63) is 35.4 Å². The second-order valence-electron chi connectivity index (χ2n) is 6.59. The van der Waals surface area contributed by atoms with E-state index in [0.717, 1.165) is 38.3 Å². The first-order chi connectivity index (χ1) is 9.47. The Kier molecular flexibility index (Phi) is 4.95. The van der Waals surface area contributed by atoms with Gasteiger partial charge in [-0.15, -0.1) is 0 Å². The molecule has 110 valence electrons. The summed E-state index contributed by atoms with van der Waals surface area (Å²) in [5.74, 6) is 0.254. The van der Waals surface area contributed by atoms with E-state index < -0.39 is 0 Å². The van der Waals surface area contributed by atoms with Gasteiger partial charge in [-0.2, -0.15) is 0 Å². The summed E-state index contributed by atoms with van der Waals surface area (Å²) in [5, 5.41) is 3.33. The van der Waals surface area contributed by atoms with Gasteiger partial charge in [0.25, 0.3) is 0 Å². The lowest BCUT2D eigenvalue weighted by atomic mass is 9.86. The first-order valence-corrected chi connectivity index (χ1v) is 7.53. The molecular formula is C17H26N2O. The molecule has 3 heteroatoms. The van der Waals surface area contributed by atoms with Crippen LogP contribution in [0.3, 0.4) is 0 Å². The van der Waals surface area contributed by atoms with Crippen LogP contribution in [0.1, 0.15) is 43.1 Å². The second kappa shape index (κ2) is 6.51. The van der Waals surface area contributed by atoms with Crippen molar-refractivity contribution >= 4 is 5.78 Å². The molecule has 1 aliphatic rings. The normalized spacial score (nSPS) is 17.1. The van der Waals surface area contributed by atoms with Gasteiger partial charge in [-0.05, 0) is 11.0 Å². The molecule has 2 rings (SSSR count). The molecule has 1 N–H and O–H groups in total. The SMILES string of the molecule is CC(C)(C)c1ccc(C(=O)CCN2CCNCC2)cc1. The van der Waals surface area contributed by atoms with Crippen LogP contribution in [0.4, 0.5) is 0 Å². The van der Waals surface area contributed by atoms with Gasteiger partial charge in [-0.3, -0.25) is 4.79 Å². The summed E-state index contributed by atoms with van der Waals surface area (Å²) in [4.78, 5) is 14.6. The zero-order valence-corrected chi connectivity index (χ0v) is 12.9. The third kappa shape index (κ3) is 4.15. The average Bonchev–Trinajstić information content (AvgIpc) is 2.45. The molecule has 1 heterocycles. The number of carbonyl (C=O) groups excluding carboxylic acids is 1. The topological polar surface area (TPSA) is 32.3 Å². The van der Waals surface area contributed by atoms with Gasteiger partial charge in [-0.25, -0.2) is 0 Å². The summed E-state index contributed by atoms with van der Waals surface area (Å²) >= 11 is 0. The molecule has 0 aromatic heterocycles. The highest BCUT2D eigenvalue weighted by molar-refractivity contribution is 5.96. The van der Waals surface area contributed by atoms with E-state index in [-0.39, 0.29) is 11.2 Å². The number of ketones is 1. The van der Waals surface area contributed by atoms with Gasteiger partial charge in [0.1, 0.15) is 0 Å². The van der Waals surface area contributed by atoms with E-state index in [1.54, 1.807) is 0 Å². The summed E-state index contributed by atoms with van der Waals surface area (Å²) in [5.41, 5.74) is 2.26. The van der Waals surface area contributed by atoms with Crippen molar-refractivity contribution in [1.29, 1.82) is 0 Å². The molecule has 1 fully saturated rings. The zero-order valence-electron chi connectivity index (χ0n) is 12.9. The lowest BCUT2D eigenvalue weighted by molar-refractivity contribution is 0.0960. The molecule has 20 heavy (non-hydrogen) atoms. The fourth-order valence-corrected chi connectivity index (χ4v) is 2.49. The third-order valence-corrected chi connectivity index (χ3v) is 3.94. The Morgan fingerprint density at radius 3 is 2.30 bits per heavy atom. The number of Topliss-reactive ketones (excluding diaryl/α,β-unsaturated/α-hetero) is 1. The van der Waals surface area contributed by atoms with Crippen molar-refractivity contribution in [1.82, 2.24) is 10.2 Å². The number of piperazine rings is 1. The van der Waals surface area contributed by atoms with Gasteiger partial charge < -0.3 is 10.2 Å². The zero-order chi connectivity index (χ0) is 14.6. The first kappa shape index (κ1) is 15.2. The highest BCUT2D eigenvalue weighted by atomic mass is 16.1. The number of carbonyl (C=O) groups is 1. The number of hydrogen-bond acceptors (Lipinski definition) is 3. The van der Waals surface area contributed by atoms with Crippen LogP contribution in [0.25, 0.3) is 0 Å². The molecule has 0 spiro atoms. The van der Waals surface area contributed by atoms with E-state index in [9.17, 15) is 4.79 Å². The van der Waals surface area contributed by atoms with Crippen molar-refractivity contribution in [2.45, 2.75) is 32.6 Å². The average molecular weight is 274 g/mol. The Morgan fingerprint density at radius 2 is 1.75 bits per heavy atom. The maximum Gasteiger partial charge on any atom is 0.164 e. The number of rotatable bonds is 4. The molecule has 0 aliphatic carbocycles. The van der Waals surface area contributed by atoms with Crippen molar-refractivity contribution in [2.24, 2.45) is 0 Å². The van der Waals surface area contributed by atoms with Gasteiger partial charge in [0.15, 0.2) is 5.78 Å². The molecule has 0 bridgehead atoms. The minimum atomic E-state index is 0.141. The van der Waals surface area contributed by atoms with Crippen LogP contribution >= 0.6 is 0 Å². The number of benzene rings is 1. The minimum Gasteiger partial charge on any atom is -0.314 e. The van der Waals surface area contributed by atoms with Crippen molar-refractivity contribution in [2.75, 3.05) is 32.7 Å². The van der Waals surface area contributed by atoms with E-state index in [1.807, 2.05) is 12.1 Å². The van der Waals surface area contributed by atoms with Crippen LogP contribution in [0.2, 0.25) is 0 Å². The fraction of sp³-hybridized carbons (Fsp3) is 0.588. The maximum atomic E-state index is 12.2. The fourth-order valence-electron chi connectivity index (χ4n) is 2.49. The molecule has 1 aliphatic heterocycles. The van der Waals surface area contributed by atoms with E-state index in [2.05, 4.69) is 43.1 Å². The standard InChI is InChI=1S/C17H26N2O/c1-17(2,3)15-6-4-14(5-7-15)16(20)8-11-19-12-9-18-10-13-19/h4-7,18H,8-13H2,1-3H3. The molecule has 0 unspecified atom stereocenters. The van der Waals surface area contributed by atoms with Crippen LogP contribution in [0.5, 0.6) is 0 Å². The van der Waals surface area contributed by atoms with E-state index >= 15 is 0 Å². The van der Waals surface area contributed by atoms with Crippen LogP contribution in [0, 0.1) is 0 Å². The smallest absolute Gasteiger partial charge is 0.164 e. The number of nitrogens with one attached hydrogen (secondary N) is 1. The number of nitrogens with zero attached hydrogens (tertiary/aromatic N) is 1. The van der Waals surface area contributed by atoms with Gasteiger partial charge in [0.2, 0.25) is 0 Å². The van der Waals surface area contributed by atoms with Crippen molar-refractivity contribution in [3.8, 4) is 0 Å². The van der Waals surface area contributed by atoms with E-state index in [0.29, 0.717) is 6.42 Å². The van der Waals surface area contributed by atoms with E-state index in [4.69, 9.17) is 0 Å². The highest BCUT2D eigenvalue weighted by Crippen LogP contribution is 2.22. The highest BCUT2D eigenvalue weighted by Gasteiger charge is 2.15. The van der Waals surface area contributed by atoms with Gasteiger partial charge in [0, 0.05) is 44.7 Å². The largest absolute Gasteiger partial charge is 0.314 e. The lowest BCUT2D eigenvalue weighted by Crippen LogP contribution is -2.44. The van der Waals surface area contributed by atoms with Gasteiger partial charge >= 0.3 is 0 Å². The Morgan fingerprint density at radius 1 is 1.15 bits per heavy atom. The Labute approximate surface area is 122 Å². The quantitative estimate of drug-likeness (QED) is 0.856. The summed E-state index contributed by atoms with van der Waals surface area (Å²) in [6, 6.07) is 8.11. The maximum absolute atomic E-state index is 12.2. The Bertz CT molecular complexity index is 439. The Hall–Kier alpha value is -1.19. The lowest BCUT2D eigenvalue weighted by Gasteiger charge is -2.26. The molecule has 0 atom stereocenters. The molecular weight excluding hydrogens is 248 g/mol. The van der Waals surface area contributed by atoms with Crippen LogP contribution in [0.15, 0.2) is 24.3 Å². The molecule has 0 radical (unpaired) electrons. The van der Waals surface area contributed by atoms with Gasteiger partial charge in [-0.1, -0.05) is 45.0 Å². The summed E-state index contributed by atoms with van der Waals surface area (Å²) in [6.45, 7) is 11.6. The monoisotopic (exact) mass is 274 g/mol. The molecule has 1 aromatic rings. The van der Waals surface area contributed by atoms with E-state index in [1.165, 1.54) is 5.56 Å². The molecule has 1 aromatic carbocycles. The van der Waals surface area contributed by atoms with Crippen molar-refractivity contribution in [3.63, 3.8) is 0 Å². The molecule has 1 saturated heterocycles. The first-order valence-electron chi connectivity index (χ1n) is 7.53. The molecule has 0 amide bonds. The van der Waals surface area contributed by atoms with Gasteiger partial charge in [0.05, 0.1) is 0 Å². The van der Waals surface area contributed by atoms with Crippen LogP contribution in [-0.4, -0.2) is 43.4 Å². The van der Waals surface area contributed by atoms with Crippen LogP contribution < -0.4 is 5.32 Å². The second-order valence-corrected chi connectivity index (χ2v) is 6.59. The summed E-state index contributed by atoms with van der Waals surface area (Å²) in [6.07, 6.45) is 0.620. The summed E-state index contributed by atoms with van der Waals surface area (Å²) < 4.78 is 0. The summed E-state index contributed by atoms with van der Waals surface area (Å²) in [7, 11) is 0. The minimum absolute atomic E-state index is 0.141. The predicted octanol–water partition coefficient (Wildman–Crippen LogP) is 2.46. The molecule has 0 saturated carbocycles. The van der Waals surface area contributed by atoms with Crippen LogP contribution in [-0.2, 0) is 5.41 Å².